The van der Waals surface area contributed by atoms with Crippen LogP contribution in [0.3, 0.4) is 0 Å². The van der Waals surface area contributed by atoms with Crippen molar-refractivity contribution in [2.24, 2.45) is 0 Å². The quantitative estimate of drug-likeness (QED) is 0.773. The molecule has 0 aliphatic heterocycles. The van der Waals surface area contributed by atoms with E-state index in [2.05, 4.69) is 20.4 Å². The monoisotopic (exact) mass is 267 g/mol. The van der Waals surface area contributed by atoms with Gasteiger partial charge in [-0.3, -0.25) is 14.5 Å². The van der Waals surface area contributed by atoms with E-state index < -0.39 is 0 Å². The van der Waals surface area contributed by atoms with Crippen molar-refractivity contribution in [3.05, 3.63) is 58.8 Å². The molecule has 2 heterocycles. The van der Waals surface area contributed by atoms with Gasteiger partial charge >= 0.3 is 0 Å². The van der Waals surface area contributed by atoms with Gasteiger partial charge in [0.05, 0.1) is 36.3 Å². The molecule has 6 heteroatoms. The predicted octanol–water partition coefficient (Wildman–Crippen LogP) is 1.28. The third-order valence-corrected chi connectivity index (χ3v) is 3.04. The number of nitrogens with one attached hydrogen (secondary N) is 1. The van der Waals surface area contributed by atoms with Gasteiger partial charge in [0.2, 0.25) is 5.43 Å². The maximum Gasteiger partial charge on any atom is 0.207 e. The molecule has 0 spiro atoms. The summed E-state index contributed by atoms with van der Waals surface area (Å²) >= 11 is 0. The predicted molar refractivity (Wildman–Crippen MR) is 76.7 cm³/mol. The molecule has 20 heavy (non-hydrogen) atoms. The van der Waals surface area contributed by atoms with Crippen LogP contribution in [0.2, 0.25) is 0 Å². The summed E-state index contributed by atoms with van der Waals surface area (Å²) in [4.78, 5) is 20.3. The molecule has 0 saturated heterocycles. The van der Waals surface area contributed by atoms with Gasteiger partial charge in [-0.2, -0.15) is 5.10 Å². The Morgan fingerprint density at radius 1 is 1.15 bits per heavy atom. The average Bonchev–Trinajstić information content (AvgIpc) is 2.51. The van der Waals surface area contributed by atoms with Gasteiger partial charge in [0.1, 0.15) is 5.82 Å². The van der Waals surface area contributed by atoms with Gasteiger partial charge in [-0.1, -0.05) is 12.1 Å². The lowest BCUT2D eigenvalue weighted by Crippen LogP contribution is -2.13. The van der Waals surface area contributed by atoms with E-state index in [1.807, 2.05) is 18.2 Å². The second kappa shape index (κ2) is 5.08. The van der Waals surface area contributed by atoms with Crippen LogP contribution in [0.4, 0.5) is 5.82 Å². The highest BCUT2D eigenvalue weighted by molar-refractivity contribution is 5.77. The molecule has 3 aromatic rings. The number of aromatic nitrogens is 4. The van der Waals surface area contributed by atoms with Gasteiger partial charge < -0.3 is 5.32 Å². The van der Waals surface area contributed by atoms with Crippen LogP contribution in [0.15, 0.2) is 47.7 Å². The van der Waals surface area contributed by atoms with Crippen molar-refractivity contribution in [2.75, 3.05) is 12.4 Å². The van der Waals surface area contributed by atoms with Crippen LogP contribution < -0.4 is 10.7 Å². The number of hydrogen-bond acceptors (Lipinski definition) is 5. The average molecular weight is 267 g/mol. The van der Waals surface area contributed by atoms with E-state index in [1.54, 1.807) is 30.2 Å². The van der Waals surface area contributed by atoms with E-state index in [4.69, 9.17) is 0 Å². The molecule has 0 aliphatic carbocycles. The minimum absolute atomic E-state index is 0.0755. The van der Waals surface area contributed by atoms with Gasteiger partial charge in [-0.25, -0.2) is 4.98 Å². The van der Waals surface area contributed by atoms with Crippen molar-refractivity contribution in [3.8, 4) is 0 Å². The summed E-state index contributed by atoms with van der Waals surface area (Å²) in [6.07, 6.45) is 4.69. The zero-order chi connectivity index (χ0) is 13.9. The van der Waals surface area contributed by atoms with Crippen molar-refractivity contribution in [3.63, 3.8) is 0 Å². The standard InChI is InChI=1S/C14H13N5O/c1-15-14-8-16-10(6-17-14)9-19-12-5-3-2-4-11(12)13(20)7-18-19/h2-8H,9H2,1H3,(H,15,17). The summed E-state index contributed by atoms with van der Waals surface area (Å²) in [5.41, 5.74) is 1.50. The largest absolute Gasteiger partial charge is 0.372 e. The van der Waals surface area contributed by atoms with E-state index in [-0.39, 0.29) is 5.43 Å². The Morgan fingerprint density at radius 3 is 2.75 bits per heavy atom. The number of rotatable bonds is 3. The molecule has 1 aromatic carbocycles. The second-order valence-corrected chi connectivity index (χ2v) is 4.33. The Hall–Kier alpha value is -2.76. The number of fused-ring (bicyclic) bond motifs is 1. The number of anilines is 1. The first-order valence-electron chi connectivity index (χ1n) is 6.21. The summed E-state index contributed by atoms with van der Waals surface area (Å²) in [6, 6.07) is 7.40. The van der Waals surface area contributed by atoms with Crippen LogP contribution in [-0.2, 0) is 6.54 Å². The Bertz CT molecular complexity index is 795. The summed E-state index contributed by atoms with van der Waals surface area (Å²) < 4.78 is 1.75. The lowest BCUT2D eigenvalue weighted by molar-refractivity contribution is 0.678. The first kappa shape index (κ1) is 12.3. The Labute approximate surface area is 115 Å². The molecular formula is C14H13N5O. The van der Waals surface area contributed by atoms with Crippen LogP contribution in [-0.4, -0.2) is 26.8 Å². The van der Waals surface area contributed by atoms with Gasteiger partial charge in [0.15, 0.2) is 0 Å². The highest BCUT2D eigenvalue weighted by atomic mass is 16.1. The molecule has 0 fully saturated rings. The minimum Gasteiger partial charge on any atom is -0.372 e. The summed E-state index contributed by atoms with van der Waals surface area (Å²) in [6.45, 7) is 0.470. The molecule has 0 saturated carbocycles. The first-order valence-corrected chi connectivity index (χ1v) is 6.21. The highest BCUT2D eigenvalue weighted by Gasteiger charge is 2.05. The molecular weight excluding hydrogens is 254 g/mol. The van der Waals surface area contributed by atoms with Crippen LogP contribution in [0.25, 0.3) is 10.9 Å². The summed E-state index contributed by atoms with van der Waals surface area (Å²) in [5, 5.41) is 7.74. The fraction of sp³-hybridized carbons (Fsp3) is 0.143. The molecule has 0 unspecified atom stereocenters. The highest BCUT2D eigenvalue weighted by Crippen LogP contribution is 2.09. The third-order valence-electron chi connectivity index (χ3n) is 3.04. The summed E-state index contributed by atoms with van der Waals surface area (Å²) in [7, 11) is 1.79. The van der Waals surface area contributed by atoms with E-state index in [1.165, 1.54) is 6.20 Å². The molecule has 0 atom stereocenters. The topological polar surface area (TPSA) is 72.7 Å². The van der Waals surface area contributed by atoms with Crippen LogP contribution in [0, 0.1) is 0 Å². The van der Waals surface area contributed by atoms with Gasteiger partial charge in [0.25, 0.3) is 0 Å². The lowest BCUT2D eigenvalue weighted by Gasteiger charge is -2.08. The molecule has 0 radical (unpaired) electrons. The number of hydrogen-bond donors (Lipinski definition) is 1. The zero-order valence-electron chi connectivity index (χ0n) is 10.9. The molecule has 0 amide bonds. The maximum absolute atomic E-state index is 11.8. The molecule has 3 rings (SSSR count). The van der Waals surface area contributed by atoms with Gasteiger partial charge in [0, 0.05) is 12.4 Å². The fourth-order valence-corrected chi connectivity index (χ4v) is 2.01. The first-order chi connectivity index (χ1) is 9.78. The van der Waals surface area contributed by atoms with Crippen molar-refractivity contribution in [2.45, 2.75) is 6.54 Å². The van der Waals surface area contributed by atoms with Crippen molar-refractivity contribution in [1.29, 1.82) is 0 Å². The van der Waals surface area contributed by atoms with Crippen LogP contribution >= 0.6 is 0 Å². The van der Waals surface area contributed by atoms with Gasteiger partial charge in [-0.05, 0) is 12.1 Å². The second-order valence-electron chi connectivity index (χ2n) is 4.33. The lowest BCUT2D eigenvalue weighted by atomic mass is 10.2. The van der Waals surface area contributed by atoms with Crippen LogP contribution in [0.1, 0.15) is 5.69 Å². The smallest absolute Gasteiger partial charge is 0.207 e. The molecule has 100 valence electrons. The Balaban J connectivity index is 2.02. The molecule has 0 aliphatic rings. The SMILES string of the molecule is CNc1cnc(Cn2ncc(=O)c3ccccc32)cn1. The minimum atomic E-state index is -0.0755. The van der Waals surface area contributed by atoms with Crippen molar-refractivity contribution in [1.82, 2.24) is 19.7 Å². The molecule has 2 aromatic heterocycles. The van der Waals surface area contributed by atoms with Gasteiger partial charge in [-0.15, -0.1) is 0 Å². The maximum atomic E-state index is 11.8. The molecule has 6 nitrogen and oxygen atoms in total. The zero-order valence-corrected chi connectivity index (χ0v) is 10.9. The number of benzene rings is 1. The van der Waals surface area contributed by atoms with Crippen LogP contribution in [0.5, 0.6) is 0 Å². The molecule has 0 bridgehead atoms. The van der Waals surface area contributed by atoms with E-state index in [0.29, 0.717) is 17.7 Å². The number of nitrogens with zero attached hydrogens (tertiary/aromatic N) is 4. The fourth-order valence-electron chi connectivity index (χ4n) is 2.01. The summed E-state index contributed by atoms with van der Waals surface area (Å²) in [5.74, 6) is 0.714. The molecule has 1 N–H and O–H groups in total. The van der Waals surface area contributed by atoms with E-state index >= 15 is 0 Å². The number of para-hydroxylation sites is 1. The van der Waals surface area contributed by atoms with Crippen molar-refractivity contribution < 1.29 is 0 Å². The Kier molecular flexibility index (Phi) is 3.12. The van der Waals surface area contributed by atoms with E-state index in [9.17, 15) is 4.79 Å². The van der Waals surface area contributed by atoms with Crippen molar-refractivity contribution >= 4 is 16.7 Å². The third kappa shape index (κ3) is 2.23. The van der Waals surface area contributed by atoms with E-state index in [0.717, 1.165) is 11.2 Å². The Morgan fingerprint density at radius 2 is 2.00 bits per heavy atom. The normalized spacial score (nSPS) is 10.7.